The third-order valence-corrected chi connectivity index (χ3v) is 5.42. The van der Waals surface area contributed by atoms with E-state index in [1.165, 1.54) is 37.6 Å². The van der Waals surface area contributed by atoms with Crippen LogP contribution < -0.4 is 19.6 Å². The molecule has 3 aromatic rings. The van der Waals surface area contributed by atoms with Crippen LogP contribution in [0.5, 0.6) is 17.2 Å². The Bertz CT molecular complexity index is 1280. The van der Waals surface area contributed by atoms with E-state index in [9.17, 15) is 19.7 Å². The van der Waals surface area contributed by atoms with E-state index in [4.69, 9.17) is 14.2 Å². The Hall–Kier alpha value is -3.77. The predicted molar refractivity (Wildman–Crippen MR) is 134 cm³/mol. The molecule has 1 amide bonds. The van der Waals surface area contributed by atoms with Crippen LogP contribution in [0.2, 0.25) is 0 Å². The van der Waals surface area contributed by atoms with Crippen molar-refractivity contribution in [2.75, 3.05) is 13.7 Å². The van der Waals surface area contributed by atoms with Gasteiger partial charge in [0, 0.05) is 22.2 Å². The van der Waals surface area contributed by atoms with Gasteiger partial charge in [0.05, 0.1) is 28.3 Å². The summed E-state index contributed by atoms with van der Waals surface area (Å²) in [6.07, 6.45) is 1.31. The van der Waals surface area contributed by atoms with Crippen molar-refractivity contribution in [3.63, 3.8) is 0 Å². The van der Waals surface area contributed by atoms with E-state index in [1.807, 2.05) is 0 Å². The molecule has 35 heavy (non-hydrogen) atoms. The molecule has 0 aliphatic heterocycles. The smallest absolute Gasteiger partial charge is 0.343 e. The molecule has 0 radical (unpaired) electrons. The average Bonchev–Trinajstić information content (AvgIpc) is 2.84. The highest BCUT2D eigenvalue weighted by Gasteiger charge is 2.14. The van der Waals surface area contributed by atoms with Gasteiger partial charge in [-0.15, -0.1) is 0 Å². The summed E-state index contributed by atoms with van der Waals surface area (Å²) in [5.41, 5.74) is 2.75. The van der Waals surface area contributed by atoms with E-state index >= 15 is 0 Å². The van der Waals surface area contributed by atoms with E-state index < -0.39 is 16.8 Å². The summed E-state index contributed by atoms with van der Waals surface area (Å²) in [7, 11) is 1.48. The predicted octanol–water partition coefficient (Wildman–Crippen LogP) is 4.88. The lowest BCUT2D eigenvalue weighted by atomic mass is 10.2. The number of rotatable bonds is 9. The summed E-state index contributed by atoms with van der Waals surface area (Å²) < 4.78 is 17.5. The summed E-state index contributed by atoms with van der Waals surface area (Å²) in [6, 6.07) is 15.0. The van der Waals surface area contributed by atoms with Gasteiger partial charge in [0.15, 0.2) is 18.1 Å². The van der Waals surface area contributed by atoms with Crippen LogP contribution in [0.4, 0.5) is 5.69 Å². The molecule has 3 rings (SSSR count). The van der Waals surface area contributed by atoms with Gasteiger partial charge in [-0.25, -0.2) is 10.2 Å². The maximum Gasteiger partial charge on any atom is 0.343 e. The Morgan fingerprint density at radius 2 is 1.80 bits per heavy atom. The number of nitro benzene ring substituents is 1. The fraction of sp³-hybridized carbons (Fsp3) is 0.0870. The average molecular weight is 607 g/mol. The van der Waals surface area contributed by atoms with E-state index in [1.54, 1.807) is 36.4 Å². The Morgan fingerprint density at radius 3 is 2.49 bits per heavy atom. The standard InChI is InChI=1S/C23H17Br2N3O7/c1-33-20-11-16(24)10-18(25)22(20)34-13-21(29)27-26-12-15-4-2-3-5-19(15)35-23(30)14-6-8-17(9-7-14)28(31)32/h2-12H,13H2,1H3,(H,27,29)/b26-12+. The largest absolute Gasteiger partial charge is 0.493 e. The molecule has 0 unspecified atom stereocenters. The summed E-state index contributed by atoms with van der Waals surface area (Å²) in [5.74, 6) is -0.246. The first-order valence-electron chi connectivity index (χ1n) is 9.82. The fourth-order valence-corrected chi connectivity index (χ4v) is 4.03. The van der Waals surface area contributed by atoms with Crippen molar-refractivity contribution in [3.05, 3.63) is 90.9 Å². The second-order valence-electron chi connectivity index (χ2n) is 6.73. The number of nitrogens with zero attached hydrogens (tertiary/aromatic N) is 2. The Kier molecular flexibility index (Phi) is 8.92. The van der Waals surface area contributed by atoms with Crippen LogP contribution in [-0.2, 0) is 4.79 Å². The van der Waals surface area contributed by atoms with Gasteiger partial charge in [-0.2, -0.15) is 5.10 Å². The van der Waals surface area contributed by atoms with E-state index in [-0.39, 0.29) is 23.6 Å². The number of non-ortho nitro benzene ring substituents is 1. The summed E-state index contributed by atoms with van der Waals surface area (Å²) in [5, 5.41) is 14.6. The number of hydrogen-bond acceptors (Lipinski definition) is 8. The molecule has 0 bridgehead atoms. The molecule has 0 aliphatic rings. The minimum absolute atomic E-state index is 0.139. The van der Waals surface area contributed by atoms with Gasteiger partial charge < -0.3 is 14.2 Å². The monoisotopic (exact) mass is 605 g/mol. The number of carbonyl (C=O) groups excluding carboxylic acids is 2. The first-order valence-corrected chi connectivity index (χ1v) is 11.4. The Labute approximate surface area is 216 Å². The summed E-state index contributed by atoms with van der Waals surface area (Å²) in [4.78, 5) is 34.8. The van der Waals surface area contributed by atoms with E-state index in [2.05, 4.69) is 42.4 Å². The lowest BCUT2D eigenvalue weighted by Crippen LogP contribution is -2.24. The Balaban J connectivity index is 1.60. The number of nitrogens with one attached hydrogen (secondary N) is 1. The van der Waals surface area contributed by atoms with Crippen molar-refractivity contribution in [1.82, 2.24) is 5.43 Å². The van der Waals surface area contributed by atoms with Crippen LogP contribution in [0.15, 0.2) is 74.7 Å². The van der Waals surface area contributed by atoms with Crippen molar-refractivity contribution < 1.29 is 28.7 Å². The lowest BCUT2D eigenvalue weighted by Gasteiger charge is -2.12. The highest BCUT2D eigenvalue weighted by Crippen LogP contribution is 2.38. The lowest BCUT2D eigenvalue weighted by molar-refractivity contribution is -0.384. The number of benzene rings is 3. The zero-order chi connectivity index (χ0) is 25.4. The molecule has 0 fully saturated rings. The van der Waals surface area contributed by atoms with Crippen LogP contribution in [-0.4, -0.2) is 36.7 Å². The first kappa shape index (κ1) is 25.8. The van der Waals surface area contributed by atoms with Gasteiger partial charge in [-0.3, -0.25) is 14.9 Å². The quantitative estimate of drug-likeness (QED) is 0.121. The molecule has 1 N–H and O–H groups in total. The minimum atomic E-state index is -0.702. The number of halogens is 2. The zero-order valence-corrected chi connectivity index (χ0v) is 21.2. The molecular weight excluding hydrogens is 590 g/mol. The van der Waals surface area contributed by atoms with Crippen molar-refractivity contribution in [2.45, 2.75) is 0 Å². The molecule has 0 atom stereocenters. The molecule has 0 saturated carbocycles. The number of methoxy groups -OCH3 is 1. The van der Waals surface area contributed by atoms with Gasteiger partial charge in [-0.1, -0.05) is 28.1 Å². The van der Waals surface area contributed by atoms with Crippen molar-refractivity contribution in [1.29, 1.82) is 0 Å². The van der Waals surface area contributed by atoms with Crippen LogP contribution in [0, 0.1) is 10.1 Å². The first-order chi connectivity index (χ1) is 16.8. The zero-order valence-electron chi connectivity index (χ0n) is 18.1. The molecule has 10 nitrogen and oxygen atoms in total. The number of esters is 1. The molecule has 180 valence electrons. The molecule has 0 aromatic heterocycles. The molecule has 0 saturated heterocycles. The number of carbonyl (C=O) groups is 2. The maximum absolute atomic E-state index is 12.4. The number of para-hydroxylation sites is 1. The number of nitro groups is 1. The molecular formula is C23H17Br2N3O7. The topological polar surface area (TPSA) is 129 Å². The second-order valence-corrected chi connectivity index (χ2v) is 8.50. The number of amides is 1. The second kappa shape index (κ2) is 12.1. The van der Waals surface area contributed by atoms with Gasteiger partial charge in [0.25, 0.3) is 11.6 Å². The maximum atomic E-state index is 12.4. The van der Waals surface area contributed by atoms with E-state index in [0.717, 1.165) is 4.47 Å². The normalized spacial score (nSPS) is 10.6. The number of hydrazone groups is 1. The highest BCUT2D eigenvalue weighted by atomic mass is 79.9. The molecule has 0 aliphatic carbocycles. The van der Waals surface area contributed by atoms with Gasteiger partial charge in [0.1, 0.15) is 5.75 Å². The van der Waals surface area contributed by atoms with Crippen LogP contribution in [0.3, 0.4) is 0 Å². The summed E-state index contributed by atoms with van der Waals surface area (Å²) in [6.45, 7) is -0.329. The highest BCUT2D eigenvalue weighted by molar-refractivity contribution is 9.11. The fourth-order valence-electron chi connectivity index (χ4n) is 2.73. The van der Waals surface area contributed by atoms with Crippen molar-refractivity contribution in [2.24, 2.45) is 5.10 Å². The number of ether oxygens (including phenoxy) is 3. The van der Waals surface area contributed by atoms with Crippen molar-refractivity contribution in [3.8, 4) is 17.2 Å². The van der Waals surface area contributed by atoms with E-state index in [0.29, 0.717) is 21.5 Å². The number of hydrogen-bond donors (Lipinski definition) is 1. The van der Waals surface area contributed by atoms with Crippen LogP contribution in [0.25, 0.3) is 0 Å². The summed E-state index contributed by atoms with van der Waals surface area (Å²) >= 11 is 6.71. The molecule has 0 spiro atoms. The molecule has 0 heterocycles. The Morgan fingerprint density at radius 1 is 1.09 bits per heavy atom. The SMILES string of the molecule is COc1cc(Br)cc(Br)c1OCC(=O)N/N=C/c1ccccc1OC(=O)c1ccc([N+](=O)[O-])cc1. The third kappa shape index (κ3) is 7.11. The van der Waals surface area contributed by atoms with Gasteiger partial charge in [-0.05, 0) is 52.3 Å². The van der Waals surface area contributed by atoms with Crippen LogP contribution in [0.1, 0.15) is 15.9 Å². The molecule has 3 aromatic carbocycles. The molecule has 12 heteroatoms. The van der Waals surface area contributed by atoms with Gasteiger partial charge in [0.2, 0.25) is 0 Å². The van der Waals surface area contributed by atoms with Crippen molar-refractivity contribution >= 4 is 55.6 Å². The third-order valence-electron chi connectivity index (χ3n) is 4.37. The van der Waals surface area contributed by atoms with Gasteiger partial charge >= 0.3 is 5.97 Å². The van der Waals surface area contributed by atoms with Crippen LogP contribution >= 0.6 is 31.9 Å². The minimum Gasteiger partial charge on any atom is -0.493 e.